The van der Waals surface area contributed by atoms with Gasteiger partial charge in [0.2, 0.25) is 0 Å². The molecule has 1 heterocycles. The minimum Gasteiger partial charge on any atom is -0.388 e. The van der Waals surface area contributed by atoms with Crippen molar-refractivity contribution in [2.75, 3.05) is 11.9 Å². The van der Waals surface area contributed by atoms with Crippen molar-refractivity contribution in [3.05, 3.63) is 22.7 Å². The van der Waals surface area contributed by atoms with Crippen molar-refractivity contribution in [2.24, 2.45) is 5.92 Å². The monoisotopic (exact) mass is 295 g/mol. The highest BCUT2D eigenvalue weighted by atomic mass is 16.3. The van der Waals surface area contributed by atoms with Crippen molar-refractivity contribution in [3.8, 4) is 0 Å². The summed E-state index contributed by atoms with van der Waals surface area (Å²) >= 11 is 0. The maximum absolute atomic E-state index is 12.3. The third kappa shape index (κ3) is 5.50. The van der Waals surface area contributed by atoms with Crippen LogP contribution in [0.2, 0.25) is 0 Å². The largest absolute Gasteiger partial charge is 0.388 e. The van der Waals surface area contributed by atoms with Crippen molar-refractivity contribution >= 4 is 5.82 Å². The highest BCUT2D eigenvalue weighted by Gasteiger charge is 2.25. The molecule has 120 valence electrons. The van der Waals surface area contributed by atoms with Crippen molar-refractivity contribution in [1.82, 2.24) is 9.55 Å². The zero-order valence-electron chi connectivity index (χ0n) is 13.7. The normalized spacial score (nSPS) is 11.9. The van der Waals surface area contributed by atoms with Gasteiger partial charge in [0.05, 0.1) is 5.60 Å². The van der Waals surface area contributed by atoms with Gasteiger partial charge in [0.15, 0.2) is 5.82 Å². The van der Waals surface area contributed by atoms with Crippen LogP contribution in [0.5, 0.6) is 0 Å². The molecule has 0 saturated heterocycles. The predicted octanol–water partition coefficient (Wildman–Crippen LogP) is 2.64. The highest BCUT2D eigenvalue weighted by molar-refractivity contribution is 5.31. The second-order valence-corrected chi connectivity index (χ2v) is 6.21. The Hall–Kier alpha value is -1.36. The first-order chi connectivity index (χ1) is 9.91. The summed E-state index contributed by atoms with van der Waals surface area (Å²) in [6.45, 7) is 9.28. The maximum atomic E-state index is 12.3. The number of hydrogen-bond acceptors (Lipinski definition) is 4. The lowest BCUT2D eigenvalue weighted by Crippen LogP contribution is -2.38. The van der Waals surface area contributed by atoms with Gasteiger partial charge in [-0.2, -0.15) is 0 Å². The van der Waals surface area contributed by atoms with Crippen LogP contribution >= 0.6 is 0 Å². The zero-order valence-corrected chi connectivity index (χ0v) is 13.7. The summed E-state index contributed by atoms with van der Waals surface area (Å²) in [6.07, 6.45) is 6.61. The summed E-state index contributed by atoms with van der Waals surface area (Å²) in [5.74, 6) is 0.721. The standard InChI is InChI=1S/C16H29N3O2/c1-5-7-16(21,8-6-2)12-18-14-15(20)19(10-9-17-14)11-13(3)4/h9-10,13,21H,5-8,11-12H2,1-4H3,(H,17,18). The molecule has 0 amide bonds. The average Bonchev–Trinajstić information content (AvgIpc) is 2.40. The number of aliphatic hydroxyl groups is 1. The number of nitrogens with one attached hydrogen (secondary N) is 1. The lowest BCUT2D eigenvalue weighted by Gasteiger charge is -2.28. The molecule has 2 N–H and O–H groups in total. The first-order valence-electron chi connectivity index (χ1n) is 7.93. The molecule has 1 aromatic heterocycles. The Morgan fingerprint density at radius 2 is 1.95 bits per heavy atom. The predicted molar refractivity (Wildman–Crippen MR) is 86.6 cm³/mol. The molecule has 1 rings (SSSR count). The molecule has 0 aromatic carbocycles. The van der Waals surface area contributed by atoms with E-state index in [2.05, 4.69) is 38.0 Å². The molecule has 0 atom stereocenters. The Labute approximate surface area is 127 Å². The Morgan fingerprint density at radius 1 is 1.33 bits per heavy atom. The fourth-order valence-electron chi connectivity index (χ4n) is 2.59. The van der Waals surface area contributed by atoms with Crippen LogP contribution in [-0.2, 0) is 6.54 Å². The highest BCUT2D eigenvalue weighted by Crippen LogP contribution is 2.19. The van der Waals surface area contributed by atoms with E-state index in [1.54, 1.807) is 17.0 Å². The Kier molecular flexibility index (Phi) is 6.89. The average molecular weight is 295 g/mol. The van der Waals surface area contributed by atoms with Crippen LogP contribution in [0.25, 0.3) is 0 Å². The van der Waals surface area contributed by atoms with Gasteiger partial charge in [-0.3, -0.25) is 4.79 Å². The number of hydrogen-bond donors (Lipinski definition) is 2. The van der Waals surface area contributed by atoms with Gasteiger partial charge in [-0.15, -0.1) is 0 Å². The molecule has 0 spiro atoms. The van der Waals surface area contributed by atoms with Gasteiger partial charge in [0.25, 0.3) is 5.56 Å². The van der Waals surface area contributed by atoms with Crippen molar-refractivity contribution in [3.63, 3.8) is 0 Å². The number of nitrogens with zero attached hydrogens (tertiary/aromatic N) is 2. The van der Waals surface area contributed by atoms with E-state index in [1.807, 2.05) is 0 Å². The Bertz CT molecular complexity index is 477. The van der Waals surface area contributed by atoms with Crippen molar-refractivity contribution < 1.29 is 5.11 Å². The van der Waals surface area contributed by atoms with Crippen LogP contribution in [0.4, 0.5) is 5.82 Å². The van der Waals surface area contributed by atoms with Crippen LogP contribution in [-0.4, -0.2) is 26.8 Å². The molecular formula is C16H29N3O2. The number of aromatic nitrogens is 2. The molecule has 0 aliphatic heterocycles. The maximum Gasteiger partial charge on any atom is 0.293 e. The molecular weight excluding hydrogens is 266 g/mol. The van der Waals surface area contributed by atoms with Crippen LogP contribution in [0.15, 0.2) is 17.2 Å². The second kappa shape index (κ2) is 8.17. The Balaban J connectivity index is 2.81. The van der Waals surface area contributed by atoms with Gasteiger partial charge < -0.3 is 15.0 Å². The molecule has 5 heteroatoms. The van der Waals surface area contributed by atoms with Crippen molar-refractivity contribution in [1.29, 1.82) is 0 Å². The quantitative estimate of drug-likeness (QED) is 0.735. The molecule has 0 aliphatic carbocycles. The van der Waals surface area contributed by atoms with E-state index in [0.29, 0.717) is 24.8 Å². The summed E-state index contributed by atoms with van der Waals surface area (Å²) in [6, 6.07) is 0. The summed E-state index contributed by atoms with van der Waals surface area (Å²) in [7, 11) is 0. The Morgan fingerprint density at radius 3 is 2.48 bits per heavy atom. The second-order valence-electron chi connectivity index (χ2n) is 6.21. The van der Waals surface area contributed by atoms with Crippen molar-refractivity contribution in [2.45, 2.75) is 65.5 Å². The first kappa shape index (κ1) is 17.7. The fourth-order valence-corrected chi connectivity index (χ4v) is 2.59. The molecule has 0 unspecified atom stereocenters. The third-order valence-corrected chi connectivity index (χ3v) is 3.49. The minimum absolute atomic E-state index is 0.124. The zero-order chi connectivity index (χ0) is 15.9. The topological polar surface area (TPSA) is 67.2 Å². The van der Waals surface area contributed by atoms with Crippen LogP contribution < -0.4 is 10.9 Å². The van der Waals surface area contributed by atoms with E-state index >= 15 is 0 Å². The minimum atomic E-state index is -0.768. The van der Waals surface area contributed by atoms with E-state index < -0.39 is 5.60 Å². The molecule has 0 bridgehead atoms. The number of anilines is 1. The van der Waals surface area contributed by atoms with Gasteiger partial charge in [-0.05, 0) is 18.8 Å². The molecule has 5 nitrogen and oxygen atoms in total. The summed E-state index contributed by atoms with van der Waals surface area (Å²) in [5, 5.41) is 13.6. The molecule has 0 saturated carbocycles. The lowest BCUT2D eigenvalue weighted by atomic mass is 9.93. The molecule has 1 aromatic rings. The van der Waals surface area contributed by atoms with Gasteiger partial charge in [-0.1, -0.05) is 40.5 Å². The SMILES string of the molecule is CCCC(O)(CCC)CNc1nccn(CC(C)C)c1=O. The lowest BCUT2D eigenvalue weighted by molar-refractivity contribution is 0.0343. The molecule has 0 aliphatic rings. The summed E-state index contributed by atoms with van der Waals surface area (Å²) in [5.41, 5.74) is -0.891. The smallest absolute Gasteiger partial charge is 0.293 e. The molecule has 0 fully saturated rings. The fraction of sp³-hybridized carbons (Fsp3) is 0.750. The molecule has 0 radical (unpaired) electrons. The van der Waals surface area contributed by atoms with Crippen LogP contribution in [0.3, 0.4) is 0 Å². The summed E-state index contributed by atoms with van der Waals surface area (Å²) in [4.78, 5) is 16.4. The van der Waals surface area contributed by atoms with Crippen LogP contribution in [0, 0.1) is 5.92 Å². The van der Waals surface area contributed by atoms with E-state index in [1.165, 1.54) is 0 Å². The van der Waals surface area contributed by atoms with E-state index in [4.69, 9.17) is 0 Å². The summed E-state index contributed by atoms with van der Waals surface area (Å²) < 4.78 is 1.67. The van der Waals surface area contributed by atoms with E-state index in [-0.39, 0.29) is 5.56 Å². The molecule has 21 heavy (non-hydrogen) atoms. The van der Waals surface area contributed by atoms with E-state index in [0.717, 1.165) is 25.7 Å². The van der Waals surface area contributed by atoms with E-state index in [9.17, 15) is 9.90 Å². The number of rotatable bonds is 9. The van der Waals surface area contributed by atoms with Crippen LogP contribution in [0.1, 0.15) is 53.4 Å². The first-order valence-corrected chi connectivity index (χ1v) is 7.93. The van der Waals surface area contributed by atoms with Gasteiger partial charge in [-0.25, -0.2) is 4.98 Å². The van der Waals surface area contributed by atoms with Gasteiger partial charge in [0, 0.05) is 25.5 Å². The van der Waals surface area contributed by atoms with Gasteiger partial charge >= 0.3 is 0 Å². The van der Waals surface area contributed by atoms with Gasteiger partial charge in [0.1, 0.15) is 0 Å². The third-order valence-electron chi connectivity index (χ3n) is 3.49.